The molecule has 0 bridgehead atoms. The van der Waals surface area contributed by atoms with Gasteiger partial charge in [-0.15, -0.1) is 0 Å². The number of hydrogen-bond donors (Lipinski definition) is 0. The summed E-state index contributed by atoms with van der Waals surface area (Å²) in [6.45, 7) is 0. The van der Waals surface area contributed by atoms with Crippen molar-refractivity contribution in [3.05, 3.63) is 24.3 Å². The zero-order chi connectivity index (χ0) is 14.5. The molecule has 0 spiro atoms. The Bertz CT molecular complexity index is 565. The van der Waals surface area contributed by atoms with Crippen LogP contribution in [0.3, 0.4) is 0 Å². The fourth-order valence-electron chi connectivity index (χ4n) is 1.16. The molecule has 0 aromatic heterocycles. The van der Waals surface area contributed by atoms with Crippen LogP contribution in [0.25, 0.3) is 0 Å². The summed E-state index contributed by atoms with van der Waals surface area (Å²) in [7, 11) is -3.32. The van der Waals surface area contributed by atoms with E-state index in [0.717, 1.165) is 12.1 Å². The Kier molecular flexibility index (Phi) is 7.99. The Morgan fingerprint density at radius 3 is 2.05 bits per heavy atom. The van der Waals surface area contributed by atoms with E-state index in [4.69, 9.17) is 4.74 Å². The third-order valence-corrected chi connectivity index (χ3v) is 2.95. The van der Waals surface area contributed by atoms with Crippen molar-refractivity contribution in [2.75, 3.05) is 7.11 Å². The normalized spacial score (nSPS) is 10.3. The Labute approximate surface area is 138 Å². The first-order valence-corrected chi connectivity index (χ1v) is 6.57. The molecule has 0 atom stereocenters. The van der Waals surface area contributed by atoms with Crippen molar-refractivity contribution in [1.82, 2.24) is 0 Å². The van der Waals surface area contributed by atoms with Gasteiger partial charge in [0.15, 0.2) is 0 Å². The molecule has 0 radical (unpaired) electrons. The van der Waals surface area contributed by atoms with Crippen LogP contribution in [0, 0.1) is 0 Å². The molecule has 0 aliphatic rings. The number of hydrogen-bond acceptors (Lipinski definition) is 7. The minimum Gasteiger partial charge on any atom is -0.744 e. The summed E-state index contributed by atoms with van der Waals surface area (Å²) < 4.78 is 41.2. The summed E-state index contributed by atoms with van der Waals surface area (Å²) >= 11 is 0. The van der Waals surface area contributed by atoms with E-state index >= 15 is 0 Å². The Hall–Kier alpha value is -0.930. The van der Waals surface area contributed by atoms with E-state index in [9.17, 15) is 22.6 Å². The number of carbonyl (C=O) groups is 2. The van der Waals surface area contributed by atoms with Crippen LogP contribution in [0.2, 0.25) is 0 Å². The molecule has 0 unspecified atom stereocenters. The van der Waals surface area contributed by atoms with Crippen LogP contribution in [0.4, 0.5) is 0 Å². The number of ether oxygens (including phenoxy) is 2. The SMILES string of the molecule is COC(=O)CCC(=O)Oc1ccc(S(=O)(=O)[O-])cc1.[Na+]. The third kappa shape index (κ3) is 6.49. The molecule has 7 nitrogen and oxygen atoms in total. The summed E-state index contributed by atoms with van der Waals surface area (Å²) in [4.78, 5) is 21.7. The van der Waals surface area contributed by atoms with Gasteiger partial charge in [-0.05, 0) is 24.3 Å². The van der Waals surface area contributed by atoms with Gasteiger partial charge in [0.2, 0.25) is 0 Å². The third-order valence-electron chi connectivity index (χ3n) is 2.11. The predicted molar refractivity (Wildman–Crippen MR) is 61.3 cm³/mol. The second-order valence-electron chi connectivity index (χ2n) is 3.48. The number of benzene rings is 1. The maximum absolute atomic E-state index is 11.3. The number of carbonyl (C=O) groups excluding carboxylic acids is 2. The summed E-state index contributed by atoms with van der Waals surface area (Å²) in [5, 5.41) is 0. The van der Waals surface area contributed by atoms with Crippen molar-refractivity contribution in [2.45, 2.75) is 17.7 Å². The first-order valence-electron chi connectivity index (χ1n) is 5.16. The van der Waals surface area contributed by atoms with Gasteiger partial charge in [0.05, 0.1) is 24.8 Å². The molecule has 104 valence electrons. The van der Waals surface area contributed by atoms with Gasteiger partial charge in [-0.1, -0.05) is 0 Å². The monoisotopic (exact) mass is 310 g/mol. The number of rotatable bonds is 5. The van der Waals surface area contributed by atoms with Gasteiger partial charge >= 0.3 is 41.5 Å². The van der Waals surface area contributed by atoms with Gasteiger partial charge in [-0.3, -0.25) is 9.59 Å². The first-order chi connectivity index (χ1) is 8.82. The summed E-state index contributed by atoms with van der Waals surface area (Å²) in [5.41, 5.74) is 0. The van der Waals surface area contributed by atoms with Gasteiger partial charge < -0.3 is 14.0 Å². The van der Waals surface area contributed by atoms with Crippen LogP contribution in [0.5, 0.6) is 5.75 Å². The summed E-state index contributed by atoms with van der Waals surface area (Å²) in [6.07, 6.45) is -0.267. The van der Waals surface area contributed by atoms with Crippen LogP contribution < -0.4 is 34.3 Å². The number of methoxy groups -OCH3 is 1. The van der Waals surface area contributed by atoms with Crippen molar-refractivity contribution in [2.24, 2.45) is 0 Å². The Morgan fingerprint density at radius 2 is 1.60 bits per heavy atom. The van der Waals surface area contributed by atoms with Crippen molar-refractivity contribution in [1.29, 1.82) is 0 Å². The summed E-state index contributed by atoms with van der Waals surface area (Å²) in [5.74, 6) is -1.12. The van der Waals surface area contributed by atoms with Crippen LogP contribution in [0.15, 0.2) is 29.2 Å². The largest absolute Gasteiger partial charge is 1.00 e. The van der Waals surface area contributed by atoms with Crippen LogP contribution in [-0.2, 0) is 24.4 Å². The molecule has 1 aromatic rings. The topological polar surface area (TPSA) is 110 Å². The molecule has 0 fully saturated rings. The van der Waals surface area contributed by atoms with Crippen LogP contribution in [-0.4, -0.2) is 32.0 Å². The minimum atomic E-state index is -4.52. The molecular weight excluding hydrogens is 299 g/mol. The van der Waals surface area contributed by atoms with Gasteiger partial charge in [-0.25, -0.2) is 8.42 Å². The molecule has 0 aliphatic carbocycles. The molecule has 0 saturated heterocycles. The molecule has 0 amide bonds. The van der Waals surface area contributed by atoms with Crippen molar-refractivity contribution >= 4 is 22.1 Å². The molecule has 1 aromatic carbocycles. The average molecular weight is 310 g/mol. The van der Waals surface area contributed by atoms with E-state index in [0.29, 0.717) is 0 Å². The second-order valence-corrected chi connectivity index (χ2v) is 4.86. The van der Waals surface area contributed by atoms with Crippen molar-refractivity contribution in [3.63, 3.8) is 0 Å². The fourth-order valence-corrected chi connectivity index (χ4v) is 1.63. The van der Waals surface area contributed by atoms with Gasteiger partial charge in [0.25, 0.3) is 0 Å². The van der Waals surface area contributed by atoms with E-state index in [1.165, 1.54) is 19.2 Å². The molecule has 20 heavy (non-hydrogen) atoms. The quantitative estimate of drug-likeness (QED) is 0.255. The summed E-state index contributed by atoms with van der Waals surface area (Å²) in [6, 6.07) is 4.43. The molecular formula is C11H11NaO7S. The zero-order valence-corrected chi connectivity index (χ0v) is 13.8. The van der Waals surface area contributed by atoms with Gasteiger partial charge in [-0.2, -0.15) is 0 Å². The Morgan fingerprint density at radius 1 is 1.10 bits per heavy atom. The molecule has 0 heterocycles. The molecule has 0 aliphatic heterocycles. The second kappa shape index (κ2) is 8.38. The molecule has 0 saturated carbocycles. The van der Waals surface area contributed by atoms with E-state index < -0.39 is 27.0 Å². The van der Waals surface area contributed by atoms with Gasteiger partial charge in [0.1, 0.15) is 15.9 Å². The number of esters is 2. The standard InChI is InChI=1S/C11H12O7S.Na/c1-17-10(12)6-7-11(13)18-8-2-4-9(5-3-8)19(14,15)16;/h2-5H,6-7H2,1H3,(H,14,15,16);/q;+1/p-1. The van der Waals surface area contributed by atoms with Gasteiger partial charge in [0, 0.05) is 0 Å². The van der Waals surface area contributed by atoms with Crippen LogP contribution >= 0.6 is 0 Å². The maximum atomic E-state index is 11.3. The molecule has 0 N–H and O–H groups in total. The van der Waals surface area contributed by atoms with E-state index in [-0.39, 0.29) is 48.1 Å². The predicted octanol–water partition coefficient (Wildman–Crippen LogP) is -2.55. The van der Waals surface area contributed by atoms with E-state index in [1.807, 2.05) is 0 Å². The first kappa shape index (κ1) is 19.1. The fraction of sp³-hybridized carbons (Fsp3) is 0.273. The van der Waals surface area contributed by atoms with Crippen molar-refractivity contribution in [3.8, 4) is 5.75 Å². The molecule has 9 heteroatoms. The minimum absolute atomic E-state index is 0. The van der Waals surface area contributed by atoms with Crippen LogP contribution in [0.1, 0.15) is 12.8 Å². The van der Waals surface area contributed by atoms with Crippen molar-refractivity contribution < 1.29 is 61.6 Å². The average Bonchev–Trinajstić information content (AvgIpc) is 2.35. The smallest absolute Gasteiger partial charge is 0.744 e. The zero-order valence-electron chi connectivity index (χ0n) is 11.0. The van der Waals surface area contributed by atoms with E-state index in [2.05, 4.69) is 4.74 Å². The molecule has 1 rings (SSSR count). The van der Waals surface area contributed by atoms with E-state index in [1.54, 1.807) is 0 Å². The Balaban J connectivity index is 0.00000361. The maximum Gasteiger partial charge on any atom is 1.00 e.